The summed E-state index contributed by atoms with van der Waals surface area (Å²) >= 11 is 0. The van der Waals surface area contributed by atoms with Crippen molar-refractivity contribution in [3.05, 3.63) is 23.8 Å². The van der Waals surface area contributed by atoms with Crippen LogP contribution in [0.3, 0.4) is 0 Å². The lowest BCUT2D eigenvalue weighted by Gasteiger charge is -2.32. The second-order valence-electron chi connectivity index (χ2n) is 5.88. The number of anilines is 1. The molecule has 20 heavy (non-hydrogen) atoms. The summed E-state index contributed by atoms with van der Waals surface area (Å²) in [6.45, 7) is 4.81. The van der Waals surface area contributed by atoms with Crippen molar-refractivity contribution < 1.29 is 9.53 Å². The highest BCUT2D eigenvalue weighted by Gasteiger charge is 2.25. The van der Waals surface area contributed by atoms with Crippen molar-refractivity contribution in [1.82, 2.24) is 5.32 Å². The molecule has 2 aliphatic heterocycles. The molecule has 1 aromatic rings. The molecule has 0 saturated carbocycles. The van der Waals surface area contributed by atoms with Gasteiger partial charge >= 0.3 is 0 Å². The zero-order valence-electron chi connectivity index (χ0n) is 12.2. The average Bonchev–Trinajstić information content (AvgIpc) is 2.47. The van der Waals surface area contributed by atoms with Crippen LogP contribution in [-0.4, -0.2) is 38.6 Å². The first kappa shape index (κ1) is 13.4. The highest BCUT2D eigenvalue weighted by molar-refractivity contribution is 5.99. The number of carbonyl (C=O) groups is 1. The molecule has 1 N–H and O–H groups in total. The summed E-state index contributed by atoms with van der Waals surface area (Å²) in [4.78, 5) is 14.7. The lowest BCUT2D eigenvalue weighted by atomic mass is 9.89. The number of Topliss-reactive ketones (excluding diaryl/α,β-unsaturated/α-hetero) is 1. The van der Waals surface area contributed by atoms with Gasteiger partial charge in [-0.25, -0.2) is 0 Å². The molecule has 3 rings (SSSR count). The van der Waals surface area contributed by atoms with Crippen LogP contribution in [0.5, 0.6) is 5.75 Å². The SMILES string of the molecule is CC1CN(C)c2cc(C(=O)C3CCNCC3)ccc2O1. The molecule has 1 saturated heterocycles. The maximum Gasteiger partial charge on any atom is 0.166 e. The summed E-state index contributed by atoms with van der Waals surface area (Å²) in [5, 5.41) is 3.30. The summed E-state index contributed by atoms with van der Waals surface area (Å²) in [5.74, 6) is 1.33. The van der Waals surface area contributed by atoms with Crippen LogP contribution in [-0.2, 0) is 0 Å². The Morgan fingerprint density at radius 3 is 2.85 bits per heavy atom. The molecule has 2 heterocycles. The summed E-state index contributed by atoms with van der Waals surface area (Å²) in [6, 6.07) is 5.84. The molecule has 0 spiro atoms. The number of piperidine rings is 1. The van der Waals surface area contributed by atoms with Crippen LogP contribution < -0.4 is 15.0 Å². The van der Waals surface area contributed by atoms with Crippen molar-refractivity contribution in [2.75, 3.05) is 31.6 Å². The maximum atomic E-state index is 12.6. The minimum atomic E-state index is 0.169. The first-order chi connectivity index (χ1) is 9.65. The monoisotopic (exact) mass is 274 g/mol. The molecule has 0 bridgehead atoms. The summed E-state index contributed by atoms with van der Waals surface area (Å²) in [7, 11) is 2.05. The van der Waals surface area contributed by atoms with Gasteiger partial charge in [-0.05, 0) is 51.1 Å². The van der Waals surface area contributed by atoms with Crippen LogP contribution in [0.2, 0.25) is 0 Å². The van der Waals surface area contributed by atoms with E-state index in [1.54, 1.807) is 0 Å². The predicted molar refractivity (Wildman–Crippen MR) is 79.7 cm³/mol. The Morgan fingerprint density at radius 2 is 2.10 bits per heavy atom. The molecular weight excluding hydrogens is 252 g/mol. The van der Waals surface area contributed by atoms with Gasteiger partial charge < -0.3 is 15.0 Å². The number of hydrogen-bond donors (Lipinski definition) is 1. The molecule has 4 nitrogen and oxygen atoms in total. The highest BCUT2D eigenvalue weighted by atomic mass is 16.5. The number of ether oxygens (including phenoxy) is 1. The van der Waals surface area contributed by atoms with Gasteiger partial charge in [0.2, 0.25) is 0 Å². The van der Waals surface area contributed by atoms with Crippen LogP contribution in [0.25, 0.3) is 0 Å². The number of rotatable bonds is 2. The zero-order valence-corrected chi connectivity index (χ0v) is 12.2. The molecule has 0 aromatic heterocycles. The first-order valence-corrected chi connectivity index (χ1v) is 7.42. The third-order valence-corrected chi connectivity index (χ3v) is 4.22. The lowest BCUT2D eigenvalue weighted by Crippen LogP contribution is -2.36. The second kappa shape index (κ2) is 5.44. The third-order valence-electron chi connectivity index (χ3n) is 4.22. The van der Waals surface area contributed by atoms with Crippen molar-refractivity contribution >= 4 is 11.5 Å². The van der Waals surface area contributed by atoms with Crippen molar-refractivity contribution in [3.8, 4) is 5.75 Å². The van der Waals surface area contributed by atoms with Gasteiger partial charge in [0.15, 0.2) is 5.78 Å². The first-order valence-electron chi connectivity index (χ1n) is 7.42. The number of ketones is 1. The molecule has 108 valence electrons. The van der Waals surface area contributed by atoms with Crippen molar-refractivity contribution in [2.24, 2.45) is 5.92 Å². The molecule has 0 aliphatic carbocycles. The Kier molecular flexibility index (Phi) is 3.66. The van der Waals surface area contributed by atoms with E-state index in [1.165, 1.54) is 0 Å². The van der Waals surface area contributed by atoms with E-state index in [9.17, 15) is 4.79 Å². The molecular formula is C16H22N2O2. The Balaban J connectivity index is 1.84. The van der Waals surface area contributed by atoms with E-state index in [4.69, 9.17) is 4.74 Å². The van der Waals surface area contributed by atoms with Crippen LogP contribution in [0.15, 0.2) is 18.2 Å². The lowest BCUT2D eigenvalue weighted by molar-refractivity contribution is 0.0895. The molecule has 4 heteroatoms. The number of carbonyl (C=O) groups excluding carboxylic acids is 1. The summed E-state index contributed by atoms with van der Waals surface area (Å²) in [6.07, 6.45) is 2.08. The molecule has 0 radical (unpaired) electrons. The van der Waals surface area contributed by atoms with E-state index < -0.39 is 0 Å². The standard InChI is InChI=1S/C16H22N2O2/c1-11-10-18(2)14-9-13(3-4-15(14)20-11)16(19)12-5-7-17-8-6-12/h3-4,9,11-12,17H,5-8,10H2,1-2H3. The summed E-state index contributed by atoms with van der Waals surface area (Å²) in [5.41, 5.74) is 1.85. The maximum absolute atomic E-state index is 12.6. The Hall–Kier alpha value is -1.55. The predicted octanol–water partition coefficient (Wildman–Crippen LogP) is 2.09. The molecule has 0 amide bonds. The van der Waals surface area contributed by atoms with Crippen molar-refractivity contribution in [1.29, 1.82) is 0 Å². The zero-order chi connectivity index (χ0) is 14.1. The minimum Gasteiger partial charge on any atom is -0.487 e. The van der Waals surface area contributed by atoms with E-state index in [0.717, 1.165) is 49.5 Å². The van der Waals surface area contributed by atoms with Gasteiger partial charge in [0.1, 0.15) is 11.9 Å². The van der Waals surface area contributed by atoms with E-state index >= 15 is 0 Å². The normalized spacial score (nSPS) is 23.1. The van der Waals surface area contributed by atoms with E-state index in [1.807, 2.05) is 18.2 Å². The number of hydrogen-bond acceptors (Lipinski definition) is 4. The fourth-order valence-corrected chi connectivity index (χ4v) is 3.13. The number of nitrogens with zero attached hydrogens (tertiary/aromatic N) is 1. The van der Waals surface area contributed by atoms with Gasteiger partial charge in [0, 0.05) is 18.5 Å². The average molecular weight is 274 g/mol. The van der Waals surface area contributed by atoms with Gasteiger partial charge in [-0.1, -0.05) is 0 Å². The molecule has 1 atom stereocenters. The van der Waals surface area contributed by atoms with Gasteiger partial charge in [-0.2, -0.15) is 0 Å². The third kappa shape index (κ3) is 2.52. The highest BCUT2D eigenvalue weighted by Crippen LogP contribution is 2.34. The number of likely N-dealkylation sites (N-methyl/N-ethyl adjacent to an activating group) is 1. The Labute approximate surface area is 120 Å². The molecule has 2 aliphatic rings. The molecule has 1 fully saturated rings. The van der Waals surface area contributed by atoms with Gasteiger partial charge in [0.25, 0.3) is 0 Å². The topological polar surface area (TPSA) is 41.6 Å². The van der Waals surface area contributed by atoms with E-state index in [2.05, 4.69) is 24.2 Å². The van der Waals surface area contributed by atoms with Crippen molar-refractivity contribution in [3.63, 3.8) is 0 Å². The fourth-order valence-electron chi connectivity index (χ4n) is 3.13. The summed E-state index contributed by atoms with van der Waals surface area (Å²) < 4.78 is 5.82. The Bertz CT molecular complexity index is 509. The largest absolute Gasteiger partial charge is 0.487 e. The van der Waals surface area contributed by atoms with E-state index in [-0.39, 0.29) is 17.8 Å². The number of benzene rings is 1. The van der Waals surface area contributed by atoms with Crippen molar-refractivity contribution in [2.45, 2.75) is 25.9 Å². The van der Waals surface area contributed by atoms with Crippen LogP contribution in [0, 0.1) is 5.92 Å². The van der Waals surface area contributed by atoms with E-state index in [0.29, 0.717) is 0 Å². The van der Waals surface area contributed by atoms with Gasteiger partial charge in [-0.3, -0.25) is 4.79 Å². The molecule has 1 aromatic carbocycles. The van der Waals surface area contributed by atoms with Gasteiger partial charge in [0.05, 0.1) is 12.2 Å². The Morgan fingerprint density at radius 1 is 1.35 bits per heavy atom. The quantitative estimate of drug-likeness (QED) is 0.839. The number of nitrogens with one attached hydrogen (secondary N) is 1. The molecule has 1 unspecified atom stereocenters. The smallest absolute Gasteiger partial charge is 0.166 e. The van der Waals surface area contributed by atoms with Crippen LogP contribution in [0.1, 0.15) is 30.1 Å². The minimum absolute atomic E-state index is 0.169. The van der Waals surface area contributed by atoms with Crippen LogP contribution in [0.4, 0.5) is 5.69 Å². The number of fused-ring (bicyclic) bond motifs is 1. The van der Waals surface area contributed by atoms with Gasteiger partial charge in [-0.15, -0.1) is 0 Å². The fraction of sp³-hybridized carbons (Fsp3) is 0.562. The van der Waals surface area contributed by atoms with Crippen LogP contribution >= 0.6 is 0 Å². The second-order valence-corrected chi connectivity index (χ2v) is 5.88.